The zero-order chi connectivity index (χ0) is 15.3. The molecule has 0 saturated carbocycles. The number of aromatic nitrogens is 1. The quantitative estimate of drug-likeness (QED) is 0.925. The van der Waals surface area contributed by atoms with Crippen molar-refractivity contribution in [3.8, 4) is 0 Å². The fourth-order valence-corrected chi connectivity index (χ4v) is 3.89. The van der Waals surface area contributed by atoms with E-state index in [1.165, 1.54) is 12.8 Å². The standard InChI is InChI=1S/C17H21N3O2/c1-10-9-22-16-7-18-14(6-13(10)16)17(21)19-15-8-20-4-3-12(15)5-11(20)2/h6-7,9,11-12,15H,3-5,8H2,1-2H3,(H,19,21). The van der Waals surface area contributed by atoms with Crippen molar-refractivity contribution in [2.24, 2.45) is 5.92 Å². The maximum atomic E-state index is 12.5. The summed E-state index contributed by atoms with van der Waals surface area (Å²) in [5, 5.41) is 4.15. The lowest BCUT2D eigenvalue weighted by Crippen LogP contribution is -2.60. The van der Waals surface area contributed by atoms with Gasteiger partial charge in [0.05, 0.1) is 12.5 Å². The minimum Gasteiger partial charge on any atom is -0.462 e. The number of carbonyl (C=O) groups excluding carboxylic acids is 1. The molecule has 0 aliphatic carbocycles. The van der Waals surface area contributed by atoms with Crippen LogP contribution in [0.4, 0.5) is 0 Å². The molecule has 5 heteroatoms. The van der Waals surface area contributed by atoms with Crippen LogP contribution in [-0.4, -0.2) is 41.0 Å². The van der Waals surface area contributed by atoms with Crippen LogP contribution in [0.2, 0.25) is 0 Å². The molecule has 3 fully saturated rings. The van der Waals surface area contributed by atoms with Gasteiger partial charge in [-0.15, -0.1) is 0 Å². The van der Waals surface area contributed by atoms with Crippen LogP contribution in [0.1, 0.15) is 35.8 Å². The Balaban J connectivity index is 1.53. The third-order valence-electron chi connectivity index (χ3n) is 5.26. The van der Waals surface area contributed by atoms with Crippen LogP contribution in [0.3, 0.4) is 0 Å². The third-order valence-corrected chi connectivity index (χ3v) is 5.26. The molecule has 22 heavy (non-hydrogen) atoms. The number of furan rings is 1. The number of pyridine rings is 1. The summed E-state index contributed by atoms with van der Waals surface area (Å²) in [6.07, 6.45) is 5.69. The molecule has 3 aliphatic rings. The summed E-state index contributed by atoms with van der Waals surface area (Å²) < 4.78 is 5.38. The molecule has 0 spiro atoms. The van der Waals surface area contributed by atoms with Gasteiger partial charge in [-0.1, -0.05) is 0 Å². The molecule has 4 unspecified atom stereocenters. The van der Waals surface area contributed by atoms with Crippen molar-refractivity contribution in [3.63, 3.8) is 0 Å². The van der Waals surface area contributed by atoms with Crippen LogP contribution >= 0.6 is 0 Å². The highest BCUT2D eigenvalue weighted by Crippen LogP contribution is 2.32. The Kier molecular flexibility index (Phi) is 3.18. The van der Waals surface area contributed by atoms with Crippen molar-refractivity contribution in [2.75, 3.05) is 13.1 Å². The second-order valence-electron chi connectivity index (χ2n) is 6.69. The zero-order valence-corrected chi connectivity index (χ0v) is 13.0. The molecule has 4 atom stereocenters. The Hall–Kier alpha value is -1.88. The minimum absolute atomic E-state index is 0.0751. The molecule has 5 heterocycles. The molecule has 3 saturated heterocycles. The minimum atomic E-state index is -0.0751. The summed E-state index contributed by atoms with van der Waals surface area (Å²) in [5.74, 6) is 0.525. The molecule has 116 valence electrons. The first kappa shape index (κ1) is 13.8. The number of piperidine rings is 3. The van der Waals surface area contributed by atoms with Gasteiger partial charge in [0.25, 0.3) is 5.91 Å². The number of nitrogens with zero attached hydrogens (tertiary/aromatic N) is 2. The lowest BCUT2D eigenvalue weighted by Gasteiger charge is -2.48. The second kappa shape index (κ2) is 5.09. The van der Waals surface area contributed by atoms with Crippen molar-refractivity contribution in [2.45, 2.75) is 38.8 Å². The van der Waals surface area contributed by atoms with Gasteiger partial charge in [0, 0.05) is 24.0 Å². The smallest absolute Gasteiger partial charge is 0.270 e. The van der Waals surface area contributed by atoms with Gasteiger partial charge in [-0.2, -0.15) is 0 Å². The van der Waals surface area contributed by atoms with Crippen molar-refractivity contribution >= 4 is 16.9 Å². The second-order valence-corrected chi connectivity index (χ2v) is 6.69. The molecule has 1 N–H and O–H groups in total. The van der Waals surface area contributed by atoms with Gasteiger partial charge in [0.2, 0.25) is 0 Å². The van der Waals surface area contributed by atoms with E-state index < -0.39 is 0 Å². The summed E-state index contributed by atoms with van der Waals surface area (Å²) in [5.41, 5.74) is 2.23. The molecule has 2 bridgehead atoms. The monoisotopic (exact) mass is 299 g/mol. The normalized spacial score (nSPS) is 30.6. The van der Waals surface area contributed by atoms with Crippen LogP contribution in [0.5, 0.6) is 0 Å². The lowest BCUT2D eigenvalue weighted by atomic mass is 9.80. The fourth-order valence-electron chi connectivity index (χ4n) is 3.89. The summed E-state index contributed by atoms with van der Waals surface area (Å²) in [6, 6.07) is 2.73. The Morgan fingerprint density at radius 2 is 2.36 bits per heavy atom. The van der Waals surface area contributed by atoms with Gasteiger partial charge in [-0.3, -0.25) is 9.69 Å². The van der Waals surface area contributed by atoms with E-state index in [1.807, 2.05) is 13.0 Å². The number of nitrogens with one attached hydrogen (secondary N) is 1. The van der Waals surface area contributed by atoms with E-state index >= 15 is 0 Å². The van der Waals surface area contributed by atoms with Crippen LogP contribution in [0.15, 0.2) is 22.9 Å². The van der Waals surface area contributed by atoms with E-state index in [0.717, 1.165) is 29.6 Å². The summed E-state index contributed by atoms with van der Waals surface area (Å²) >= 11 is 0. The molecule has 3 aliphatic heterocycles. The highest BCUT2D eigenvalue weighted by molar-refractivity contribution is 5.96. The van der Waals surface area contributed by atoms with Crippen molar-refractivity contribution < 1.29 is 9.21 Å². The highest BCUT2D eigenvalue weighted by Gasteiger charge is 2.38. The van der Waals surface area contributed by atoms with E-state index in [4.69, 9.17) is 4.42 Å². The largest absolute Gasteiger partial charge is 0.462 e. The third kappa shape index (κ3) is 2.20. The van der Waals surface area contributed by atoms with E-state index in [0.29, 0.717) is 17.7 Å². The number of hydrogen-bond donors (Lipinski definition) is 1. The van der Waals surface area contributed by atoms with Gasteiger partial charge in [-0.05, 0) is 50.8 Å². The Bertz CT molecular complexity index is 724. The first-order valence-electron chi connectivity index (χ1n) is 8.00. The lowest BCUT2D eigenvalue weighted by molar-refractivity contribution is 0.0273. The van der Waals surface area contributed by atoms with Crippen LogP contribution < -0.4 is 5.32 Å². The van der Waals surface area contributed by atoms with E-state index in [2.05, 4.69) is 22.1 Å². The van der Waals surface area contributed by atoms with Crippen LogP contribution in [0.25, 0.3) is 11.0 Å². The Morgan fingerprint density at radius 3 is 3.09 bits per heavy atom. The number of fused-ring (bicyclic) bond motifs is 4. The average molecular weight is 299 g/mol. The first-order valence-corrected chi connectivity index (χ1v) is 8.00. The number of carbonyl (C=O) groups is 1. The first-order chi connectivity index (χ1) is 10.6. The SMILES string of the molecule is Cc1coc2cnc(C(=O)NC3CN4CCC3CC4C)cc12. The highest BCUT2D eigenvalue weighted by atomic mass is 16.3. The molecule has 0 aromatic carbocycles. The van der Waals surface area contributed by atoms with Gasteiger partial charge in [0.1, 0.15) is 5.69 Å². The molecule has 5 nitrogen and oxygen atoms in total. The van der Waals surface area contributed by atoms with E-state index in [1.54, 1.807) is 12.5 Å². The predicted octanol–water partition coefficient (Wildman–Crippen LogP) is 2.35. The van der Waals surface area contributed by atoms with Gasteiger partial charge >= 0.3 is 0 Å². The number of aryl methyl sites for hydroxylation is 1. The molecular weight excluding hydrogens is 278 g/mol. The number of hydrogen-bond acceptors (Lipinski definition) is 4. The van der Waals surface area contributed by atoms with Gasteiger partial charge in [-0.25, -0.2) is 4.98 Å². The fraction of sp³-hybridized carbons (Fsp3) is 0.529. The molecule has 5 rings (SSSR count). The Morgan fingerprint density at radius 1 is 1.50 bits per heavy atom. The Labute approximate surface area is 129 Å². The van der Waals surface area contributed by atoms with Crippen molar-refractivity contribution in [1.29, 1.82) is 0 Å². The van der Waals surface area contributed by atoms with E-state index in [9.17, 15) is 4.79 Å². The number of amides is 1. The topological polar surface area (TPSA) is 58.4 Å². The van der Waals surface area contributed by atoms with Crippen molar-refractivity contribution in [3.05, 3.63) is 29.8 Å². The maximum absolute atomic E-state index is 12.5. The summed E-state index contributed by atoms with van der Waals surface area (Å²) in [7, 11) is 0. The summed E-state index contributed by atoms with van der Waals surface area (Å²) in [4.78, 5) is 19.2. The van der Waals surface area contributed by atoms with Crippen LogP contribution in [-0.2, 0) is 0 Å². The molecule has 1 amide bonds. The molecule has 2 aromatic heterocycles. The van der Waals surface area contributed by atoms with Gasteiger partial charge in [0.15, 0.2) is 5.58 Å². The number of rotatable bonds is 2. The zero-order valence-electron chi connectivity index (χ0n) is 13.0. The average Bonchev–Trinajstić information content (AvgIpc) is 2.89. The van der Waals surface area contributed by atoms with Gasteiger partial charge < -0.3 is 9.73 Å². The van der Waals surface area contributed by atoms with Crippen LogP contribution in [0, 0.1) is 12.8 Å². The summed E-state index contributed by atoms with van der Waals surface area (Å²) in [6.45, 7) is 6.38. The predicted molar refractivity (Wildman–Crippen MR) is 83.8 cm³/mol. The van der Waals surface area contributed by atoms with E-state index in [-0.39, 0.29) is 11.9 Å². The molecule has 0 radical (unpaired) electrons. The molecule has 2 aromatic rings. The van der Waals surface area contributed by atoms with Crippen molar-refractivity contribution in [1.82, 2.24) is 15.2 Å². The molecular formula is C17H21N3O2. The maximum Gasteiger partial charge on any atom is 0.270 e.